The average molecular weight is 407 g/mol. The van der Waals surface area contributed by atoms with E-state index in [4.69, 9.17) is 4.74 Å². The molecule has 2 aromatic rings. The van der Waals surface area contributed by atoms with Crippen molar-refractivity contribution in [3.8, 4) is 11.1 Å². The summed E-state index contributed by atoms with van der Waals surface area (Å²) >= 11 is 0. The third-order valence-electron chi connectivity index (χ3n) is 6.72. The zero-order valence-electron chi connectivity index (χ0n) is 18.4. The lowest BCUT2D eigenvalue weighted by molar-refractivity contribution is 0.0260. The van der Waals surface area contributed by atoms with E-state index in [-0.39, 0.29) is 11.7 Å². The molecule has 2 aliphatic rings. The first-order valence-electron chi connectivity index (χ1n) is 11.5. The molecular weight excluding hydrogens is 372 g/mol. The minimum Gasteiger partial charge on any atom is -0.441 e. The number of nitrogens with zero attached hydrogens (tertiary/aromatic N) is 2. The Morgan fingerprint density at radius 1 is 0.867 bits per heavy atom. The largest absolute Gasteiger partial charge is 0.441 e. The minimum atomic E-state index is -0.220. The Balaban J connectivity index is 1.38. The summed E-state index contributed by atoms with van der Waals surface area (Å²) in [6.45, 7) is 8.92. The number of carbonyl (C=O) groups is 1. The molecule has 0 aromatic heterocycles. The maximum absolute atomic E-state index is 12.4. The zero-order valence-corrected chi connectivity index (χ0v) is 18.4. The summed E-state index contributed by atoms with van der Waals surface area (Å²) in [6, 6.07) is 17.5. The number of ether oxygens (including phenoxy) is 1. The van der Waals surface area contributed by atoms with Crippen molar-refractivity contribution in [3.63, 3.8) is 0 Å². The predicted octanol–water partition coefficient (Wildman–Crippen LogP) is 5.85. The maximum atomic E-state index is 12.4. The molecule has 1 spiro atoms. The quantitative estimate of drug-likeness (QED) is 0.578. The van der Waals surface area contributed by atoms with Gasteiger partial charge < -0.3 is 4.74 Å². The Labute approximate surface area is 180 Å². The van der Waals surface area contributed by atoms with Crippen LogP contribution in [0, 0.1) is 0 Å². The van der Waals surface area contributed by atoms with Gasteiger partial charge in [-0.2, -0.15) is 0 Å². The number of carbonyl (C=O) groups excluding carboxylic acids is 1. The van der Waals surface area contributed by atoms with Crippen molar-refractivity contribution in [1.29, 1.82) is 0 Å². The number of rotatable bonds is 7. The molecule has 2 fully saturated rings. The Kier molecular flexibility index (Phi) is 6.43. The summed E-state index contributed by atoms with van der Waals surface area (Å²) in [5, 5.41) is 0. The Morgan fingerprint density at radius 3 is 2.00 bits per heavy atom. The molecule has 1 heterocycles. The first-order valence-corrected chi connectivity index (χ1v) is 11.5. The highest BCUT2D eigenvalue weighted by molar-refractivity contribution is 5.71. The number of hydrogen-bond acceptors (Lipinski definition) is 3. The van der Waals surface area contributed by atoms with Gasteiger partial charge in [-0.1, -0.05) is 68.8 Å². The van der Waals surface area contributed by atoms with Gasteiger partial charge in [-0.15, -0.1) is 0 Å². The van der Waals surface area contributed by atoms with Gasteiger partial charge in [-0.05, 0) is 61.0 Å². The van der Waals surface area contributed by atoms with Crippen LogP contribution in [-0.2, 0) is 17.8 Å². The molecule has 2 aromatic carbocycles. The molecule has 0 radical (unpaired) electrons. The van der Waals surface area contributed by atoms with E-state index in [9.17, 15) is 4.79 Å². The van der Waals surface area contributed by atoms with Crippen LogP contribution in [0.2, 0.25) is 0 Å². The van der Waals surface area contributed by atoms with Crippen molar-refractivity contribution in [2.24, 2.45) is 0 Å². The highest BCUT2D eigenvalue weighted by Gasteiger charge is 2.45. The van der Waals surface area contributed by atoms with E-state index in [0.29, 0.717) is 6.54 Å². The van der Waals surface area contributed by atoms with Gasteiger partial charge in [0, 0.05) is 13.1 Å². The SMILES string of the molecule is CCN(CC)Cc1ccc(-c2ccc(CN3CC4(CCCCC4)OC3=O)cc2)cc1. The van der Waals surface area contributed by atoms with E-state index in [0.717, 1.165) is 44.6 Å². The molecule has 1 aliphatic carbocycles. The zero-order chi connectivity index (χ0) is 21.0. The second kappa shape index (κ2) is 9.22. The van der Waals surface area contributed by atoms with Crippen LogP contribution < -0.4 is 0 Å². The fourth-order valence-corrected chi connectivity index (χ4v) is 4.80. The minimum absolute atomic E-state index is 0.148. The van der Waals surface area contributed by atoms with Gasteiger partial charge in [0.1, 0.15) is 5.60 Å². The predicted molar refractivity (Wildman–Crippen MR) is 121 cm³/mol. The fraction of sp³-hybridized carbons (Fsp3) is 0.500. The summed E-state index contributed by atoms with van der Waals surface area (Å²) < 4.78 is 5.81. The Hall–Kier alpha value is -2.33. The van der Waals surface area contributed by atoms with E-state index >= 15 is 0 Å². The van der Waals surface area contributed by atoms with Crippen molar-refractivity contribution >= 4 is 6.09 Å². The summed E-state index contributed by atoms with van der Waals surface area (Å²) in [4.78, 5) is 16.7. The molecule has 30 heavy (non-hydrogen) atoms. The summed E-state index contributed by atoms with van der Waals surface area (Å²) in [6.07, 6.45) is 5.48. The standard InChI is InChI=1S/C26H34N2O2/c1-3-27(4-2)18-21-8-12-23(13-9-21)24-14-10-22(11-15-24)19-28-20-26(30-25(28)29)16-6-5-7-17-26/h8-15H,3-7,16-20H2,1-2H3. The topological polar surface area (TPSA) is 32.8 Å². The first-order chi connectivity index (χ1) is 14.6. The average Bonchev–Trinajstić information content (AvgIpc) is 3.07. The molecule has 4 rings (SSSR count). The Morgan fingerprint density at radius 2 is 1.43 bits per heavy atom. The molecule has 160 valence electrons. The maximum Gasteiger partial charge on any atom is 0.410 e. The molecular formula is C26H34N2O2. The van der Waals surface area contributed by atoms with Crippen LogP contribution in [0.15, 0.2) is 48.5 Å². The van der Waals surface area contributed by atoms with E-state index in [2.05, 4.69) is 67.3 Å². The van der Waals surface area contributed by atoms with Crippen molar-refractivity contribution in [2.45, 2.75) is 64.6 Å². The lowest BCUT2D eigenvalue weighted by Crippen LogP contribution is -2.36. The van der Waals surface area contributed by atoms with Crippen molar-refractivity contribution in [2.75, 3.05) is 19.6 Å². The second-order valence-electron chi connectivity index (χ2n) is 8.82. The normalized spacial score (nSPS) is 18.2. The molecule has 1 amide bonds. The monoisotopic (exact) mass is 406 g/mol. The van der Waals surface area contributed by atoms with Crippen LogP contribution in [-0.4, -0.2) is 41.1 Å². The van der Waals surface area contributed by atoms with Crippen LogP contribution in [0.3, 0.4) is 0 Å². The van der Waals surface area contributed by atoms with Crippen LogP contribution in [0.25, 0.3) is 11.1 Å². The van der Waals surface area contributed by atoms with Gasteiger partial charge in [0.25, 0.3) is 0 Å². The van der Waals surface area contributed by atoms with E-state index < -0.39 is 0 Å². The van der Waals surface area contributed by atoms with Gasteiger partial charge in [-0.3, -0.25) is 9.80 Å². The highest BCUT2D eigenvalue weighted by atomic mass is 16.6. The van der Waals surface area contributed by atoms with Gasteiger partial charge >= 0.3 is 6.09 Å². The van der Waals surface area contributed by atoms with Crippen LogP contribution >= 0.6 is 0 Å². The lowest BCUT2D eigenvalue weighted by Gasteiger charge is -2.30. The fourth-order valence-electron chi connectivity index (χ4n) is 4.80. The van der Waals surface area contributed by atoms with Crippen molar-refractivity contribution < 1.29 is 9.53 Å². The number of benzene rings is 2. The van der Waals surface area contributed by atoms with Gasteiger partial charge in [0.15, 0.2) is 0 Å². The molecule has 1 saturated heterocycles. The molecule has 1 aliphatic heterocycles. The molecule has 0 atom stereocenters. The molecule has 0 bridgehead atoms. The lowest BCUT2D eigenvalue weighted by atomic mass is 9.85. The number of hydrogen-bond donors (Lipinski definition) is 0. The van der Waals surface area contributed by atoms with Gasteiger partial charge in [0.2, 0.25) is 0 Å². The van der Waals surface area contributed by atoms with Crippen molar-refractivity contribution in [1.82, 2.24) is 9.80 Å². The summed E-state index contributed by atoms with van der Waals surface area (Å²) in [5.41, 5.74) is 4.72. The molecule has 4 heteroatoms. The van der Waals surface area contributed by atoms with Gasteiger partial charge in [-0.25, -0.2) is 4.79 Å². The van der Waals surface area contributed by atoms with Crippen LogP contribution in [0.4, 0.5) is 4.79 Å². The molecule has 4 nitrogen and oxygen atoms in total. The van der Waals surface area contributed by atoms with Crippen LogP contribution in [0.5, 0.6) is 0 Å². The third-order valence-corrected chi connectivity index (χ3v) is 6.72. The van der Waals surface area contributed by atoms with Crippen molar-refractivity contribution in [3.05, 3.63) is 59.7 Å². The molecule has 0 unspecified atom stereocenters. The molecule has 0 N–H and O–H groups in total. The van der Waals surface area contributed by atoms with Gasteiger partial charge in [0.05, 0.1) is 6.54 Å². The number of amides is 1. The smallest absolute Gasteiger partial charge is 0.410 e. The Bertz CT molecular complexity index is 834. The summed E-state index contributed by atoms with van der Waals surface area (Å²) in [5.74, 6) is 0. The molecule has 1 saturated carbocycles. The van der Waals surface area contributed by atoms with E-state index in [1.807, 2.05) is 4.90 Å². The van der Waals surface area contributed by atoms with Crippen LogP contribution in [0.1, 0.15) is 57.1 Å². The summed E-state index contributed by atoms with van der Waals surface area (Å²) in [7, 11) is 0. The van der Waals surface area contributed by atoms with E-state index in [1.165, 1.54) is 36.0 Å². The second-order valence-corrected chi connectivity index (χ2v) is 8.82. The van der Waals surface area contributed by atoms with E-state index in [1.54, 1.807) is 0 Å². The highest BCUT2D eigenvalue weighted by Crippen LogP contribution is 2.37. The first kappa shape index (κ1) is 20.9. The third kappa shape index (κ3) is 4.70.